The average Bonchev–Trinajstić information content (AvgIpc) is 3.00. The summed E-state index contributed by atoms with van der Waals surface area (Å²) in [5, 5.41) is 10.6. The molecule has 0 saturated carbocycles. The molecule has 0 radical (unpaired) electrons. The maximum absolute atomic E-state index is 5.97. The van der Waals surface area contributed by atoms with Crippen LogP contribution in [0.25, 0.3) is 23.1 Å². The number of aromatic amines is 1. The Kier molecular flexibility index (Phi) is 2.30. The third-order valence-electron chi connectivity index (χ3n) is 2.06. The lowest BCUT2D eigenvalue weighted by Gasteiger charge is -1.94. The van der Waals surface area contributed by atoms with Gasteiger partial charge in [0.1, 0.15) is 6.33 Å². The molecule has 0 fully saturated rings. The van der Waals surface area contributed by atoms with Crippen molar-refractivity contribution >= 4 is 11.6 Å². The van der Waals surface area contributed by atoms with Gasteiger partial charge in [-0.2, -0.15) is 10.1 Å². The van der Waals surface area contributed by atoms with E-state index in [1.54, 1.807) is 12.3 Å². The van der Waals surface area contributed by atoms with E-state index in [4.69, 9.17) is 16.1 Å². The summed E-state index contributed by atoms with van der Waals surface area (Å²) in [6, 6.07) is 1.69. The van der Waals surface area contributed by atoms with Crippen molar-refractivity contribution in [1.82, 2.24) is 30.3 Å². The maximum Gasteiger partial charge on any atom is 0.259 e. The summed E-state index contributed by atoms with van der Waals surface area (Å²) in [6.45, 7) is 0. The molecule has 17 heavy (non-hydrogen) atoms. The van der Waals surface area contributed by atoms with Gasteiger partial charge in [-0.25, -0.2) is 4.98 Å². The van der Waals surface area contributed by atoms with Gasteiger partial charge < -0.3 is 4.52 Å². The van der Waals surface area contributed by atoms with E-state index in [0.29, 0.717) is 28.1 Å². The zero-order chi connectivity index (χ0) is 11.7. The monoisotopic (exact) mass is 248 g/mol. The third-order valence-corrected chi connectivity index (χ3v) is 2.36. The number of H-pyrrole nitrogens is 1. The fourth-order valence-electron chi connectivity index (χ4n) is 1.29. The van der Waals surface area contributed by atoms with E-state index in [0.717, 1.165) is 0 Å². The summed E-state index contributed by atoms with van der Waals surface area (Å²) in [4.78, 5) is 12.0. The van der Waals surface area contributed by atoms with E-state index in [1.807, 2.05) is 0 Å². The molecule has 0 unspecified atom stereocenters. The van der Waals surface area contributed by atoms with E-state index < -0.39 is 0 Å². The molecule has 0 spiro atoms. The molecule has 0 aliphatic carbocycles. The maximum atomic E-state index is 5.97. The first-order chi connectivity index (χ1) is 8.34. The summed E-state index contributed by atoms with van der Waals surface area (Å²) >= 11 is 5.97. The molecule has 3 aromatic heterocycles. The summed E-state index contributed by atoms with van der Waals surface area (Å²) in [5.74, 6) is 1.07. The van der Waals surface area contributed by atoms with Crippen molar-refractivity contribution in [1.29, 1.82) is 0 Å². The number of nitrogens with zero attached hydrogens (tertiary/aromatic N) is 5. The van der Waals surface area contributed by atoms with E-state index in [9.17, 15) is 0 Å². The minimum atomic E-state index is 0.309. The van der Waals surface area contributed by atoms with Gasteiger partial charge in [0.15, 0.2) is 5.82 Å². The Balaban J connectivity index is 2.04. The summed E-state index contributed by atoms with van der Waals surface area (Å²) in [6.07, 6.45) is 4.47. The number of pyridine rings is 1. The Hall–Kier alpha value is -2.28. The zero-order valence-electron chi connectivity index (χ0n) is 8.33. The second-order valence-electron chi connectivity index (χ2n) is 3.11. The Morgan fingerprint density at radius 1 is 1.35 bits per heavy atom. The van der Waals surface area contributed by atoms with Crippen LogP contribution in [0.4, 0.5) is 0 Å². The molecule has 0 bridgehead atoms. The van der Waals surface area contributed by atoms with Crippen molar-refractivity contribution in [2.45, 2.75) is 0 Å². The quantitative estimate of drug-likeness (QED) is 0.740. The molecule has 3 rings (SSSR count). The molecular formula is C9H5ClN6O. The second kappa shape index (κ2) is 3.95. The van der Waals surface area contributed by atoms with E-state index in [1.165, 1.54) is 12.5 Å². The first-order valence-corrected chi connectivity index (χ1v) is 5.02. The minimum absolute atomic E-state index is 0.309. The molecule has 84 valence electrons. The minimum Gasteiger partial charge on any atom is -0.333 e. The molecular weight excluding hydrogens is 244 g/mol. The molecule has 3 aromatic rings. The van der Waals surface area contributed by atoms with Crippen molar-refractivity contribution in [2.24, 2.45) is 0 Å². The Morgan fingerprint density at radius 3 is 3.06 bits per heavy atom. The van der Waals surface area contributed by atoms with Crippen LogP contribution in [0, 0.1) is 0 Å². The SMILES string of the molecule is Clc1cnccc1-c1nc(-c2ncn[nH]2)no1. The van der Waals surface area contributed by atoms with Gasteiger partial charge in [-0.05, 0) is 6.07 Å². The highest BCUT2D eigenvalue weighted by Gasteiger charge is 2.14. The number of nitrogens with one attached hydrogen (secondary N) is 1. The molecule has 3 heterocycles. The van der Waals surface area contributed by atoms with Crippen molar-refractivity contribution < 1.29 is 4.52 Å². The fraction of sp³-hybridized carbons (Fsp3) is 0. The van der Waals surface area contributed by atoms with E-state index in [2.05, 4.69) is 30.3 Å². The van der Waals surface area contributed by atoms with Crippen LogP contribution in [0.1, 0.15) is 0 Å². The van der Waals surface area contributed by atoms with Crippen molar-refractivity contribution in [3.8, 4) is 23.1 Å². The van der Waals surface area contributed by atoms with Gasteiger partial charge in [-0.15, -0.1) is 0 Å². The lowest BCUT2D eigenvalue weighted by atomic mass is 10.3. The molecule has 0 aromatic carbocycles. The van der Waals surface area contributed by atoms with Crippen LogP contribution in [-0.2, 0) is 0 Å². The normalized spacial score (nSPS) is 10.6. The van der Waals surface area contributed by atoms with Gasteiger partial charge in [-0.1, -0.05) is 16.8 Å². The largest absolute Gasteiger partial charge is 0.333 e. The number of rotatable bonds is 2. The van der Waals surface area contributed by atoms with Gasteiger partial charge in [-0.3, -0.25) is 10.1 Å². The number of aromatic nitrogens is 6. The summed E-state index contributed by atoms with van der Waals surface area (Å²) < 4.78 is 5.09. The molecule has 0 amide bonds. The van der Waals surface area contributed by atoms with Crippen LogP contribution >= 0.6 is 11.6 Å². The molecule has 0 aliphatic rings. The standard InChI is InChI=1S/C9H5ClN6O/c10-6-3-11-2-1-5(6)9-14-8(16-17-9)7-12-4-13-15-7/h1-4H,(H,12,13,15). The van der Waals surface area contributed by atoms with E-state index >= 15 is 0 Å². The van der Waals surface area contributed by atoms with Crippen LogP contribution in [0.15, 0.2) is 29.3 Å². The Labute approximate surface area is 99.9 Å². The number of hydrogen-bond acceptors (Lipinski definition) is 6. The molecule has 7 nitrogen and oxygen atoms in total. The first kappa shape index (κ1) is 9.91. The smallest absolute Gasteiger partial charge is 0.259 e. The van der Waals surface area contributed by atoms with Gasteiger partial charge in [0.25, 0.3) is 5.89 Å². The molecule has 0 atom stereocenters. The van der Waals surface area contributed by atoms with Crippen LogP contribution < -0.4 is 0 Å². The topological polar surface area (TPSA) is 93.4 Å². The van der Waals surface area contributed by atoms with Crippen LogP contribution in [0.5, 0.6) is 0 Å². The van der Waals surface area contributed by atoms with Crippen LogP contribution in [0.2, 0.25) is 5.02 Å². The lowest BCUT2D eigenvalue weighted by molar-refractivity contribution is 0.432. The van der Waals surface area contributed by atoms with Crippen LogP contribution in [-0.4, -0.2) is 30.3 Å². The van der Waals surface area contributed by atoms with Gasteiger partial charge >= 0.3 is 0 Å². The third kappa shape index (κ3) is 1.76. The highest BCUT2D eigenvalue weighted by Crippen LogP contribution is 2.26. The summed E-state index contributed by atoms with van der Waals surface area (Å²) in [7, 11) is 0. The number of halogens is 1. The first-order valence-electron chi connectivity index (χ1n) is 4.64. The predicted octanol–water partition coefficient (Wildman–Crippen LogP) is 1.57. The van der Waals surface area contributed by atoms with Crippen molar-refractivity contribution in [2.75, 3.05) is 0 Å². The van der Waals surface area contributed by atoms with E-state index in [-0.39, 0.29) is 0 Å². The van der Waals surface area contributed by atoms with Crippen LogP contribution in [0.3, 0.4) is 0 Å². The Bertz CT molecular complexity index is 634. The Morgan fingerprint density at radius 2 is 2.29 bits per heavy atom. The summed E-state index contributed by atoms with van der Waals surface area (Å²) in [5.41, 5.74) is 0.625. The second-order valence-corrected chi connectivity index (χ2v) is 3.52. The van der Waals surface area contributed by atoms with Crippen molar-refractivity contribution in [3.05, 3.63) is 29.8 Å². The highest BCUT2D eigenvalue weighted by atomic mass is 35.5. The zero-order valence-corrected chi connectivity index (χ0v) is 9.09. The van der Waals surface area contributed by atoms with Gasteiger partial charge in [0.2, 0.25) is 5.82 Å². The fourth-order valence-corrected chi connectivity index (χ4v) is 1.49. The van der Waals surface area contributed by atoms with Gasteiger partial charge in [0.05, 0.1) is 10.6 Å². The number of hydrogen-bond donors (Lipinski definition) is 1. The predicted molar refractivity (Wildman–Crippen MR) is 57.9 cm³/mol. The lowest BCUT2D eigenvalue weighted by Crippen LogP contribution is -1.84. The molecule has 8 heteroatoms. The van der Waals surface area contributed by atoms with Crippen molar-refractivity contribution in [3.63, 3.8) is 0 Å². The average molecular weight is 249 g/mol. The molecule has 0 aliphatic heterocycles. The van der Waals surface area contributed by atoms with Gasteiger partial charge in [0, 0.05) is 12.4 Å². The highest BCUT2D eigenvalue weighted by molar-refractivity contribution is 6.32. The molecule has 0 saturated heterocycles. The molecule has 1 N–H and O–H groups in total.